The molecular weight excluding hydrogens is 433 g/mol. The van der Waals surface area contributed by atoms with Gasteiger partial charge in [0.1, 0.15) is 6.33 Å². The highest BCUT2D eigenvalue weighted by Gasteiger charge is 2.38. The number of aromatic amines is 1. The molecule has 176 valence electrons. The van der Waals surface area contributed by atoms with Crippen LogP contribution >= 0.6 is 0 Å². The summed E-state index contributed by atoms with van der Waals surface area (Å²) in [5, 5.41) is 9.79. The van der Waals surface area contributed by atoms with E-state index in [0.717, 1.165) is 24.1 Å². The molecule has 0 saturated carbocycles. The lowest BCUT2D eigenvalue weighted by Gasteiger charge is -2.42. The molecule has 2 heterocycles. The minimum Gasteiger partial charge on any atom is -0.372 e. The Morgan fingerprint density at radius 1 is 1.24 bits per heavy atom. The predicted molar refractivity (Wildman–Crippen MR) is 118 cm³/mol. The molecule has 0 radical (unpaired) electrons. The maximum Gasteiger partial charge on any atom is 0.416 e. The minimum absolute atomic E-state index is 0.0448. The fourth-order valence-corrected chi connectivity index (χ4v) is 4.46. The summed E-state index contributed by atoms with van der Waals surface area (Å²) in [6, 6.07) is 13.8. The topological polar surface area (TPSA) is 71.9 Å². The number of aromatic nitrogens is 3. The van der Waals surface area contributed by atoms with Crippen LogP contribution in [0.5, 0.6) is 0 Å². The molecule has 1 aliphatic rings. The van der Waals surface area contributed by atoms with Crippen molar-refractivity contribution in [1.82, 2.24) is 20.1 Å². The van der Waals surface area contributed by atoms with Crippen molar-refractivity contribution >= 4 is 0 Å². The molecule has 0 amide bonds. The van der Waals surface area contributed by atoms with Crippen LogP contribution < -0.4 is 11.0 Å². The largest absolute Gasteiger partial charge is 0.416 e. The van der Waals surface area contributed by atoms with Crippen LogP contribution in [0.4, 0.5) is 13.2 Å². The number of nitrogens with one attached hydrogen (secondary N) is 2. The molecule has 3 atom stereocenters. The van der Waals surface area contributed by atoms with Crippen LogP contribution in [0.25, 0.3) is 0 Å². The molecule has 33 heavy (non-hydrogen) atoms. The molecule has 2 aromatic carbocycles. The second kappa shape index (κ2) is 9.15. The maximum atomic E-state index is 13.3. The standard InChI is InChI=1S/C24H27F3N4O2/c1-16-10-18(12-20(11-16)24(25,26)27)17(2)33-14-23(19-6-4-3-5-7-19)9-8-21(13-28-23)31-15-29-30-22(31)32/h3-7,10-12,15,17,21,28H,8-9,13-14H2,1-2H3,(H,30,32)/t17-,21+,23-/m1/s1. The quantitative estimate of drug-likeness (QED) is 0.568. The van der Waals surface area contributed by atoms with Gasteiger partial charge in [-0.1, -0.05) is 42.0 Å². The molecule has 1 aromatic heterocycles. The average molecular weight is 461 g/mol. The molecule has 0 unspecified atom stereocenters. The molecule has 4 rings (SSSR count). The Bertz CT molecular complexity index is 1130. The van der Waals surface area contributed by atoms with Crippen molar-refractivity contribution in [2.24, 2.45) is 0 Å². The highest BCUT2D eigenvalue weighted by molar-refractivity contribution is 5.32. The van der Waals surface area contributed by atoms with Crippen LogP contribution in [0.3, 0.4) is 0 Å². The van der Waals surface area contributed by atoms with Crippen molar-refractivity contribution in [3.8, 4) is 0 Å². The van der Waals surface area contributed by atoms with E-state index < -0.39 is 23.4 Å². The zero-order valence-corrected chi connectivity index (χ0v) is 18.5. The lowest BCUT2D eigenvalue weighted by molar-refractivity contribution is -0.137. The summed E-state index contributed by atoms with van der Waals surface area (Å²) in [6.07, 6.45) is -2.02. The summed E-state index contributed by atoms with van der Waals surface area (Å²) in [6.45, 7) is 4.23. The third kappa shape index (κ3) is 5.04. The Morgan fingerprint density at radius 2 is 2.00 bits per heavy atom. The number of piperidine rings is 1. The Labute approximate surface area is 189 Å². The number of nitrogens with zero attached hydrogens (tertiary/aromatic N) is 2. The van der Waals surface area contributed by atoms with E-state index in [9.17, 15) is 18.0 Å². The molecule has 2 N–H and O–H groups in total. The van der Waals surface area contributed by atoms with Gasteiger partial charge in [0.15, 0.2) is 0 Å². The summed E-state index contributed by atoms with van der Waals surface area (Å²) < 4.78 is 47.6. The molecule has 0 bridgehead atoms. The minimum atomic E-state index is -4.41. The van der Waals surface area contributed by atoms with Crippen LogP contribution in [-0.2, 0) is 16.5 Å². The van der Waals surface area contributed by atoms with Gasteiger partial charge in [0.05, 0.1) is 29.9 Å². The second-order valence-electron chi connectivity index (χ2n) is 8.67. The van der Waals surface area contributed by atoms with E-state index in [2.05, 4.69) is 15.5 Å². The lowest BCUT2D eigenvalue weighted by Crippen LogP contribution is -2.52. The van der Waals surface area contributed by atoms with Crippen molar-refractivity contribution < 1.29 is 17.9 Å². The SMILES string of the molecule is Cc1cc([C@@H](C)OC[C@@]2(c3ccccc3)CC[C@H](n3cn[nH]c3=O)CN2)cc(C(F)(F)F)c1. The van der Waals surface area contributed by atoms with E-state index in [1.807, 2.05) is 30.3 Å². The van der Waals surface area contributed by atoms with Gasteiger partial charge in [0.2, 0.25) is 0 Å². The number of hydrogen-bond acceptors (Lipinski definition) is 4. The van der Waals surface area contributed by atoms with Gasteiger partial charge in [0, 0.05) is 6.54 Å². The van der Waals surface area contributed by atoms with Crippen molar-refractivity contribution in [3.63, 3.8) is 0 Å². The number of rotatable bonds is 6. The molecular formula is C24H27F3N4O2. The number of benzene rings is 2. The highest BCUT2D eigenvalue weighted by Crippen LogP contribution is 2.36. The summed E-state index contributed by atoms with van der Waals surface area (Å²) in [5.41, 5.74) is 0.626. The number of H-pyrrole nitrogens is 1. The smallest absolute Gasteiger partial charge is 0.372 e. The monoisotopic (exact) mass is 460 g/mol. The van der Waals surface area contributed by atoms with Gasteiger partial charge in [-0.2, -0.15) is 18.3 Å². The van der Waals surface area contributed by atoms with Gasteiger partial charge in [-0.25, -0.2) is 9.89 Å². The number of ether oxygens (including phenoxy) is 1. The van der Waals surface area contributed by atoms with Gasteiger partial charge in [0.25, 0.3) is 0 Å². The third-order valence-corrected chi connectivity index (χ3v) is 6.35. The van der Waals surface area contributed by atoms with Crippen LogP contribution in [0, 0.1) is 6.92 Å². The fourth-order valence-electron chi connectivity index (χ4n) is 4.46. The first kappa shape index (κ1) is 23.3. The Hall–Kier alpha value is -2.91. The summed E-state index contributed by atoms with van der Waals surface area (Å²) in [4.78, 5) is 12.0. The van der Waals surface area contributed by atoms with Crippen molar-refractivity contribution in [3.05, 3.63) is 87.6 Å². The van der Waals surface area contributed by atoms with E-state index in [1.54, 1.807) is 24.5 Å². The summed E-state index contributed by atoms with van der Waals surface area (Å²) >= 11 is 0. The van der Waals surface area contributed by atoms with Crippen molar-refractivity contribution in [1.29, 1.82) is 0 Å². The van der Waals surface area contributed by atoms with Crippen molar-refractivity contribution in [2.75, 3.05) is 13.2 Å². The summed E-state index contributed by atoms with van der Waals surface area (Å²) in [5.74, 6) is 0. The first-order chi connectivity index (χ1) is 15.7. The zero-order valence-electron chi connectivity index (χ0n) is 18.5. The van der Waals surface area contributed by atoms with E-state index in [4.69, 9.17) is 4.74 Å². The van der Waals surface area contributed by atoms with Gasteiger partial charge in [-0.05, 0) is 49.9 Å². The van der Waals surface area contributed by atoms with Crippen LogP contribution in [0.1, 0.15) is 54.2 Å². The first-order valence-electron chi connectivity index (χ1n) is 10.9. The number of hydrogen-bond donors (Lipinski definition) is 2. The Balaban J connectivity index is 1.54. The number of aryl methyl sites for hydroxylation is 1. The Morgan fingerprint density at radius 3 is 2.61 bits per heavy atom. The molecule has 0 spiro atoms. The second-order valence-corrected chi connectivity index (χ2v) is 8.67. The number of alkyl halides is 3. The van der Waals surface area contributed by atoms with E-state index in [-0.39, 0.29) is 18.3 Å². The molecule has 1 fully saturated rings. The Kier molecular flexibility index (Phi) is 6.45. The van der Waals surface area contributed by atoms with Crippen molar-refractivity contribution in [2.45, 2.75) is 50.6 Å². The molecule has 6 nitrogen and oxygen atoms in total. The first-order valence-corrected chi connectivity index (χ1v) is 10.9. The van der Waals surface area contributed by atoms with Crippen LogP contribution in [-0.4, -0.2) is 27.9 Å². The van der Waals surface area contributed by atoms with Crippen LogP contribution in [0.2, 0.25) is 0 Å². The van der Waals surface area contributed by atoms with Gasteiger partial charge in [-0.3, -0.25) is 4.57 Å². The normalized spacial score (nSPS) is 22.3. The van der Waals surface area contributed by atoms with Crippen LogP contribution in [0.15, 0.2) is 59.7 Å². The van der Waals surface area contributed by atoms with Gasteiger partial charge >= 0.3 is 11.9 Å². The average Bonchev–Trinajstić information content (AvgIpc) is 3.23. The van der Waals surface area contributed by atoms with Gasteiger partial charge in [-0.15, -0.1) is 0 Å². The van der Waals surface area contributed by atoms with E-state index in [1.165, 1.54) is 6.33 Å². The lowest BCUT2D eigenvalue weighted by atomic mass is 9.81. The fraction of sp³-hybridized carbons (Fsp3) is 0.417. The molecule has 0 aliphatic carbocycles. The molecule has 1 aliphatic heterocycles. The third-order valence-electron chi connectivity index (χ3n) is 6.35. The highest BCUT2D eigenvalue weighted by atomic mass is 19.4. The van der Waals surface area contributed by atoms with E-state index in [0.29, 0.717) is 24.1 Å². The summed E-state index contributed by atoms with van der Waals surface area (Å²) in [7, 11) is 0. The molecule has 1 saturated heterocycles. The number of halogens is 3. The molecule has 3 aromatic rings. The maximum absolute atomic E-state index is 13.3. The predicted octanol–water partition coefficient (Wildman–Crippen LogP) is 4.50. The zero-order chi connectivity index (χ0) is 23.6. The molecule has 9 heteroatoms. The van der Waals surface area contributed by atoms with E-state index >= 15 is 0 Å². The van der Waals surface area contributed by atoms with Gasteiger partial charge < -0.3 is 10.1 Å².